The van der Waals surface area contributed by atoms with Gasteiger partial charge in [0.1, 0.15) is 0 Å². The lowest BCUT2D eigenvalue weighted by molar-refractivity contribution is 0.0908. The SMILES string of the molecule is CCCC(C)(C)NC(=O)c1cc(C)ccc1C#CCCO. The van der Waals surface area contributed by atoms with E-state index in [1.807, 2.05) is 39.0 Å². The van der Waals surface area contributed by atoms with Crippen LogP contribution < -0.4 is 5.32 Å². The van der Waals surface area contributed by atoms with Crippen molar-refractivity contribution in [2.45, 2.75) is 52.5 Å². The maximum atomic E-state index is 12.5. The molecule has 21 heavy (non-hydrogen) atoms. The van der Waals surface area contributed by atoms with E-state index >= 15 is 0 Å². The highest BCUT2D eigenvalue weighted by molar-refractivity contribution is 5.97. The zero-order valence-electron chi connectivity index (χ0n) is 13.4. The average molecular weight is 287 g/mol. The lowest BCUT2D eigenvalue weighted by atomic mass is 9.97. The van der Waals surface area contributed by atoms with Crippen LogP contribution in [0.4, 0.5) is 0 Å². The second-order valence-electron chi connectivity index (χ2n) is 5.91. The molecule has 3 heteroatoms. The first-order valence-electron chi connectivity index (χ1n) is 7.42. The minimum atomic E-state index is -0.231. The normalized spacial score (nSPS) is 10.7. The summed E-state index contributed by atoms with van der Waals surface area (Å²) in [6, 6.07) is 5.67. The topological polar surface area (TPSA) is 49.3 Å². The molecule has 2 N–H and O–H groups in total. The van der Waals surface area contributed by atoms with Gasteiger partial charge in [0.15, 0.2) is 0 Å². The number of aliphatic hydroxyl groups is 1. The molecule has 0 fully saturated rings. The molecule has 0 heterocycles. The van der Waals surface area contributed by atoms with Crippen molar-refractivity contribution in [3.63, 3.8) is 0 Å². The van der Waals surface area contributed by atoms with Gasteiger partial charge in [-0.15, -0.1) is 0 Å². The molecule has 3 nitrogen and oxygen atoms in total. The van der Waals surface area contributed by atoms with E-state index < -0.39 is 0 Å². The number of amides is 1. The molecular weight excluding hydrogens is 262 g/mol. The van der Waals surface area contributed by atoms with Gasteiger partial charge in [0.25, 0.3) is 5.91 Å². The van der Waals surface area contributed by atoms with E-state index in [-0.39, 0.29) is 18.1 Å². The van der Waals surface area contributed by atoms with E-state index in [2.05, 4.69) is 24.1 Å². The second kappa shape index (κ2) is 7.85. The number of aliphatic hydroxyl groups excluding tert-OH is 1. The Kier molecular flexibility index (Phi) is 6.45. The molecule has 1 amide bonds. The van der Waals surface area contributed by atoms with Gasteiger partial charge in [-0.25, -0.2) is 0 Å². The molecule has 0 spiro atoms. The number of aryl methyl sites for hydroxylation is 1. The van der Waals surface area contributed by atoms with Gasteiger partial charge in [0.2, 0.25) is 0 Å². The molecule has 0 aliphatic rings. The summed E-state index contributed by atoms with van der Waals surface area (Å²) >= 11 is 0. The third-order valence-electron chi connectivity index (χ3n) is 3.21. The summed E-state index contributed by atoms with van der Waals surface area (Å²) in [5.41, 5.74) is 2.11. The number of hydrogen-bond acceptors (Lipinski definition) is 2. The molecule has 0 unspecified atom stereocenters. The van der Waals surface area contributed by atoms with E-state index in [4.69, 9.17) is 5.11 Å². The first-order chi connectivity index (χ1) is 9.89. The monoisotopic (exact) mass is 287 g/mol. The molecule has 0 saturated heterocycles. The van der Waals surface area contributed by atoms with Gasteiger partial charge in [-0.1, -0.05) is 36.8 Å². The molecule has 0 radical (unpaired) electrons. The van der Waals surface area contributed by atoms with Crippen LogP contribution in [0.1, 0.15) is 61.5 Å². The quantitative estimate of drug-likeness (QED) is 0.818. The van der Waals surface area contributed by atoms with Crippen LogP contribution in [-0.4, -0.2) is 23.2 Å². The Hall–Kier alpha value is -1.79. The molecule has 1 rings (SSSR count). The number of rotatable bonds is 5. The van der Waals surface area contributed by atoms with E-state index in [0.29, 0.717) is 17.5 Å². The van der Waals surface area contributed by atoms with E-state index in [1.165, 1.54) is 0 Å². The van der Waals surface area contributed by atoms with Crippen molar-refractivity contribution >= 4 is 5.91 Å². The molecule has 0 aromatic heterocycles. The number of benzene rings is 1. The summed E-state index contributed by atoms with van der Waals surface area (Å²) in [5, 5.41) is 11.9. The molecule has 0 saturated carbocycles. The van der Waals surface area contributed by atoms with Crippen molar-refractivity contribution < 1.29 is 9.90 Å². The fraction of sp³-hybridized carbons (Fsp3) is 0.500. The molecule has 0 aliphatic carbocycles. The Morgan fingerprint density at radius 2 is 2.10 bits per heavy atom. The highest BCUT2D eigenvalue weighted by Crippen LogP contribution is 2.15. The highest BCUT2D eigenvalue weighted by atomic mass is 16.2. The third kappa shape index (κ3) is 5.61. The molecule has 1 aromatic rings. The van der Waals surface area contributed by atoms with Crippen LogP contribution in [0.5, 0.6) is 0 Å². The van der Waals surface area contributed by atoms with Crippen molar-refractivity contribution in [2.75, 3.05) is 6.61 Å². The first kappa shape index (κ1) is 17.3. The van der Waals surface area contributed by atoms with E-state index in [0.717, 1.165) is 18.4 Å². The standard InChI is InChI=1S/C18H25NO2/c1-5-11-18(3,4)19-17(21)16-13-14(2)9-10-15(16)8-6-7-12-20/h9-10,13,20H,5,7,11-12H2,1-4H3,(H,19,21). The Bertz CT molecular complexity index is 550. The number of carbonyl (C=O) groups is 1. The van der Waals surface area contributed by atoms with Crippen molar-refractivity contribution in [3.05, 3.63) is 34.9 Å². The van der Waals surface area contributed by atoms with Gasteiger partial charge in [-0.2, -0.15) is 0 Å². The van der Waals surface area contributed by atoms with E-state index in [9.17, 15) is 4.79 Å². The van der Waals surface area contributed by atoms with Gasteiger partial charge in [-0.05, 0) is 39.3 Å². The minimum Gasteiger partial charge on any atom is -0.395 e. The Balaban J connectivity index is 3.03. The highest BCUT2D eigenvalue weighted by Gasteiger charge is 2.21. The molecule has 1 aromatic carbocycles. The van der Waals surface area contributed by atoms with Crippen molar-refractivity contribution in [1.29, 1.82) is 0 Å². The number of nitrogens with one attached hydrogen (secondary N) is 1. The largest absolute Gasteiger partial charge is 0.395 e. The van der Waals surface area contributed by atoms with Crippen LogP contribution >= 0.6 is 0 Å². The van der Waals surface area contributed by atoms with Crippen LogP contribution in [0.25, 0.3) is 0 Å². The van der Waals surface area contributed by atoms with Gasteiger partial charge in [0.05, 0.1) is 12.2 Å². The maximum Gasteiger partial charge on any atom is 0.252 e. The maximum absolute atomic E-state index is 12.5. The predicted molar refractivity (Wildman–Crippen MR) is 86.2 cm³/mol. The van der Waals surface area contributed by atoms with Crippen LogP contribution in [0.3, 0.4) is 0 Å². The van der Waals surface area contributed by atoms with Gasteiger partial charge < -0.3 is 10.4 Å². The van der Waals surface area contributed by atoms with Gasteiger partial charge >= 0.3 is 0 Å². The lowest BCUT2D eigenvalue weighted by Crippen LogP contribution is -2.43. The zero-order chi connectivity index (χ0) is 15.9. The lowest BCUT2D eigenvalue weighted by Gasteiger charge is -2.26. The molecule has 0 bridgehead atoms. The summed E-state index contributed by atoms with van der Waals surface area (Å²) in [4.78, 5) is 12.5. The Morgan fingerprint density at radius 1 is 1.38 bits per heavy atom. The summed E-state index contributed by atoms with van der Waals surface area (Å²) < 4.78 is 0. The van der Waals surface area contributed by atoms with Crippen LogP contribution in [0, 0.1) is 18.8 Å². The number of carbonyl (C=O) groups excluding carboxylic acids is 1. The Labute approximate surface area is 127 Å². The smallest absolute Gasteiger partial charge is 0.252 e. The summed E-state index contributed by atoms with van der Waals surface area (Å²) in [7, 11) is 0. The van der Waals surface area contributed by atoms with Crippen molar-refractivity contribution in [3.8, 4) is 11.8 Å². The fourth-order valence-corrected chi connectivity index (χ4v) is 2.23. The van der Waals surface area contributed by atoms with Crippen molar-refractivity contribution in [2.24, 2.45) is 0 Å². The molecule has 0 aliphatic heterocycles. The number of hydrogen-bond donors (Lipinski definition) is 2. The second-order valence-corrected chi connectivity index (χ2v) is 5.91. The van der Waals surface area contributed by atoms with E-state index in [1.54, 1.807) is 0 Å². The van der Waals surface area contributed by atoms with Gasteiger partial charge in [0, 0.05) is 17.5 Å². The minimum absolute atomic E-state index is 0.0317. The van der Waals surface area contributed by atoms with Crippen molar-refractivity contribution in [1.82, 2.24) is 5.32 Å². The summed E-state index contributed by atoms with van der Waals surface area (Å²) in [6.07, 6.45) is 2.36. The molecular formula is C18H25NO2. The zero-order valence-corrected chi connectivity index (χ0v) is 13.4. The Morgan fingerprint density at radius 3 is 2.71 bits per heavy atom. The molecule has 114 valence electrons. The summed E-state index contributed by atoms with van der Waals surface area (Å²) in [6.45, 7) is 8.15. The van der Waals surface area contributed by atoms with Crippen LogP contribution in [0.15, 0.2) is 18.2 Å². The summed E-state index contributed by atoms with van der Waals surface area (Å²) in [5.74, 6) is 5.75. The van der Waals surface area contributed by atoms with Crippen LogP contribution in [0.2, 0.25) is 0 Å². The first-order valence-corrected chi connectivity index (χ1v) is 7.42. The fourth-order valence-electron chi connectivity index (χ4n) is 2.23. The molecule has 0 atom stereocenters. The average Bonchev–Trinajstić information content (AvgIpc) is 2.39. The predicted octanol–water partition coefficient (Wildman–Crippen LogP) is 3.04. The van der Waals surface area contributed by atoms with Crippen LogP contribution in [-0.2, 0) is 0 Å². The van der Waals surface area contributed by atoms with Gasteiger partial charge in [-0.3, -0.25) is 4.79 Å². The third-order valence-corrected chi connectivity index (χ3v) is 3.21.